The Labute approximate surface area is 127 Å². The van der Waals surface area contributed by atoms with E-state index in [-0.39, 0.29) is 6.54 Å². The summed E-state index contributed by atoms with van der Waals surface area (Å²) in [5.74, 6) is 1.03. The molecule has 8 heteroatoms. The van der Waals surface area contributed by atoms with Gasteiger partial charge in [0, 0.05) is 32.4 Å². The number of anilines is 1. The van der Waals surface area contributed by atoms with Crippen molar-refractivity contribution in [3.63, 3.8) is 0 Å². The van der Waals surface area contributed by atoms with Crippen molar-refractivity contribution in [2.24, 2.45) is 0 Å². The van der Waals surface area contributed by atoms with Crippen LogP contribution in [0.25, 0.3) is 11.5 Å². The Morgan fingerprint density at radius 3 is 2.77 bits per heavy atom. The van der Waals surface area contributed by atoms with Gasteiger partial charge >= 0.3 is 5.97 Å². The Bertz CT molecular complexity index is 664. The van der Waals surface area contributed by atoms with E-state index in [2.05, 4.69) is 20.0 Å². The number of aryl methyl sites for hydroxylation is 1. The first-order valence-corrected chi connectivity index (χ1v) is 7.08. The first-order valence-electron chi connectivity index (χ1n) is 7.08. The minimum Gasteiger partial charge on any atom is -0.480 e. The lowest BCUT2D eigenvalue weighted by Gasteiger charge is -2.35. The second kappa shape index (κ2) is 6.10. The van der Waals surface area contributed by atoms with Gasteiger partial charge in [-0.1, -0.05) is 5.16 Å². The molecular weight excluding hydrogens is 286 g/mol. The number of aromatic nitrogens is 3. The van der Waals surface area contributed by atoms with Crippen molar-refractivity contribution in [1.29, 1.82) is 0 Å². The lowest BCUT2D eigenvalue weighted by molar-refractivity contribution is -0.138. The summed E-state index contributed by atoms with van der Waals surface area (Å²) in [4.78, 5) is 23.5. The van der Waals surface area contributed by atoms with Gasteiger partial charge in [0.1, 0.15) is 5.82 Å². The van der Waals surface area contributed by atoms with Crippen molar-refractivity contribution in [2.75, 3.05) is 37.6 Å². The smallest absolute Gasteiger partial charge is 0.317 e. The summed E-state index contributed by atoms with van der Waals surface area (Å²) in [5, 5.41) is 12.7. The summed E-state index contributed by atoms with van der Waals surface area (Å²) in [5.41, 5.74) is 0.801. The molecule has 0 unspecified atom stereocenters. The summed E-state index contributed by atoms with van der Waals surface area (Å²) < 4.78 is 5.24. The first kappa shape index (κ1) is 14.5. The van der Waals surface area contributed by atoms with Crippen molar-refractivity contribution in [3.05, 3.63) is 24.2 Å². The second-order valence-corrected chi connectivity index (χ2v) is 5.18. The Morgan fingerprint density at radius 2 is 2.14 bits per heavy atom. The number of carbonyl (C=O) groups is 1. The fourth-order valence-electron chi connectivity index (χ4n) is 2.53. The van der Waals surface area contributed by atoms with E-state index < -0.39 is 5.97 Å². The van der Waals surface area contributed by atoms with Crippen LogP contribution in [0.5, 0.6) is 0 Å². The van der Waals surface area contributed by atoms with Gasteiger partial charge in [-0.3, -0.25) is 9.69 Å². The second-order valence-electron chi connectivity index (χ2n) is 5.18. The van der Waals surface area contributed by atoms with Gasteiger partial charge in [-0.2, -0.15) is 4.98 Å². The van der Waals surface area contributed by atoms with Gasteiger partial charge in [-0.25, -0.2) is 4.98 Å². The first-order chi connectivity index (χ1) is 10.6. The van der Waals surface area contributed by atoms with Crippen molar-refractivity contribution in [1.82, 2.24) is 20.0 Å². The van der Waals surface area contributed by atoms with Crippen LogP contribution in [0.3, 0.4) is 0 Å². The maximum atomic E-state index is 10.8. The Morgan fingerprint density at radius 1 is 1.36 bits per heavy atom. The molecule has 22 heavy (non-hydrogen) atoms. The van der Waals surface area contributed by atoms with Gasteiger partial charge in [0.05, 0.1) is 12.1 Å². The van der Waals surface area contributed by atoms with Gasteiger partial charge < -0.3 is 14.5 Å². The van der Waals surface area contributed by atoms with Crippen LogP contribution >= 0.6 is 0 Å². The molecule has 1 aliphatic rings. The average molecular weight is 303 g/mol. The zero-order chi connectivity index (χ0) is 15.5. The van der Waals surface area contributed by atoms with Gasteiger partial charge in [-0.15, -0.1) is 0 Å². The van der Waals surface area contributed by atoms with Crippen LogP contribution in [0.15, 0.2) is 22.9 Å². The van der Waals surface area contributed by atoms with E-state index in [1.165, 1.54) is 0 Å². The largest absolute Gasteiger partial charge is 0.480 e. The highest BCUT2D eigenvalue weighted by atomic mass is 16.5. The Hall–Kier alpha value is -2.48. The number of nitrogens with zero attached hydrogens (tertiary/aromatic N) is 5. The number of aliphatic carboxylic acids is 1. The quantitative estimate of drug-likeness (QED) is 0.879. The summed E-state index contributed by atoms with van der Waals surface area (Å²) in [6, 6.07) is 3.73. The average Bonchev–Trinajstić information content (AvgIpc) is 2.94. The lowest BCUT2D eigenvalue weighted by atomic mass is 10.2. The van der Waals surface area contributed by atoms with Gasteiger partial charge in [0.25, 0.3) is 5.89 Å². The zero-order valence-corrected chi connectivity index (χ0v) is 12.3. The molecule has 3 heterocycles. The van der Waals surface area contributed by atoms with Crippen LogP contribution in [0.2, 0.25) is 0 Å². The van der Waals surface area contributed by atoms with Gasteiger partial charge in [0.15, 0.2) is 5.82 Å². The van der Waals surface area contributed by atoms with E-state index in [0.29, 0.717) is 37.9 Å². The third-order valence-corrected chi connectivity index (χ3v) is 3.58. The molecule has 0 bridgehead atoms. The fraction of sp³-hybridized carbons (Fsp3) is 0.429. The molecule has 0 aromatic carbocycles. The van der Waals surface area contributed by atoms with E-state index >= 15 is 0 Å². The van der Waals surface area contributed by atoms with Crippen LogP contribution in [0.1, 0.15) is 5.82 Å². The monoisotopic (exact) mass is 303 g/mol. The number of piperazine rings is 1. The molecule has 2 aromatic rings. The van der Waals surface area contributed by atoms with Crippen LogP contribution in [0.4, 0.5) is 5.82 Å². The molecule has 1 fully saturated rings. The van der Waals surface area contributed by atoms with Crippen molar-refractivity contribution >= 4 is 11.8 Å². The predicted octanol–water partition coefficient (Wildman–Crippen LogP) is 0.647. The predicted molar refractivity (Wildman–Crippen MR) is 78.6 cm³/mol. The Balaban J connectivity index is 1.77. The molecule has 8 nitrogen and oxygen atoms in total. The summed E-state index contributed by atoms with van der Waals surface area (Å²) >= 11 is 0. The minimum atomic E-state index is -0.798. The Kier molecular flexibility index (Phi) is 4.01. The summed E-state index contributed by atoms with van der Waals surface area (Å²) in [7, 11) is 0. The number of rotatable bonds is 4. The van der Waals surface area contributed by atoms with Crippen LogP contribution in [0, 0.1) is 6.92 Å². The van der Waals surface area contributed by atoms with Crippen molar-refractivity contribution in [2.45, 2.75) is 6.92 Å². The highest BCUT2D eigenvalue weighted by Gasteiger charge is 2.23. The molecule has 0 saturated carbocycles. The normalized spacial score (nSPS) is 16.0. The molecule has 2 aromatic heterocycles. The molecule has 0 spiro atoms. The molecule has 0 aliphatic carbocycles. The van der Waals surface area contributed by atoms with Crippen LogP contribution < -0.4 is 4.90 Å². The summed E-state index contributed by atoms with van der Waals surface area (Å²) in [6.45, 7) is 4.64. The van der Waals surface area contributed by atoms with E-state index in [9.17, 15) is 4.79 Å². The number of carboxylic acid groups (broad SMARTS) is 1. The SMILES string of the molecule is Cc1noc(-c2cccnc2N2CCN(CC(=O)O)CC2)n1. The van der Waals surface area contributed by atoms with Gasteiger partial charge in [0.2, 0.25) is 0 Å². The van der Waals surface area contributed by atoms with E-state index in [4.69, 9.17) is 9.63 Å². The molecule has 1 aliphatic heterocycles. The fourth-order valence-corrected chi connectivity index (χ4v) is 2.53. The number of pyridine rings is 1. The molecule has 1 saturated heterocycles. The van der Waals surface area contributed by atoms with E-state index in [1.54, 1.807) is 13.1 Å². The molecule has 3 rings (SSSR count). The third kappa shape index (κ3) is 3.06. The van der Waals surface area contributed by atoms with Gasteiger partial charge in [-0.05, 0) is 19.1 Å². The zero-order valence-electron chi connectivity index (χ0n) is 12.3. The molecule has 1 N–H and O–H groups in total. The van der Waals surface area contributed by atoms with E-state index in [1.807, 2.05) is 17.0 Å². The minimum absolute atomic E-state index is 0.0752. The van der Waals surface area contributed by atoms with Crippen LogP contribution in [-0.2, 0) is 4.79 Å². The number of hydrogen-bond acceptors (Lipinski definition) is 7. The maximum absolute atomic E-state index is 10.8. The molecular formula is C14H17N5O3. The standard InChI is InChI=1S/C14H17N5O3/c1-10-16-14(22-17-10)11-3-2-4-15-13(11)19-7-5-18(6-8-19)9-12(20)21/h2-4H,5-9H2,1H3,(H,20,21). The van der Waals surface area contributed by atoms with Crippen molar-refractivity contribution < 1.29 is 14.4 Å². The third-order valence-electron chi connectivity index (χ3n) is 3.58. The summed E-state index contributed by atoms with van der Waals surface area (Å²) in [6.07, 6.45) is 1.73. The molecule has 0 atom stereocenters. The lowest BCUT2D eigenvalue weighted by Crippen LogP contribution is -2.48. The topological polar surface area (TPSA) is 95.6 Å². The highest BCUT2D eigenvalue weighted by molar-refractivity contribution is 5.70. The van der Waals surface area contributed by atoms with Crippen molar-refractivity contribution in [3.8, 4) is 11.5 Å². The molecule has 116 valence electrons. The molecule has 0 amide bonds. The maximum Gasteiger partial charge on any atom is 0.317 e. The molecule has 0 radical (unpaired) electrons. The highest BCUT2D eigenvalue weighted by Crippen LogP contribution is 2.28. The van der Waals surface area contributed by atoms with Crippen LogP contribution in [-0.4, -0.2) is 63.8 Å². The van der Waals surface area contributed by atoms with E-state index in [0.717, 1.165) is 11.4 Å². The number of hydrogen-bond donors (Lipinski definition) is 1. The number of carboxylic acids is 1.